The highest BCUT2D eigenvalue weighted by atomic mass is 16.2. The van der Waals surface area contributed by atoms with Gasteiger partial charge >= 0.3 is 5.69 Å². The Morgan fingerprint density at radius 2 is 2.11 bits per heavy atom. The molecule has 1 N–H and O–H groups in total. The molecule has 27 heavy (non-hydrogen) atoms. The number of nitrogens with one attached hydrogen (secondary N) is 1. The van der Waals surface area contributed by atoms with Crippen molar-refractivity contribution >= 4 is 16.8 Å². The van der Waals surface area contributed by atoms with E-state index in [0.29, 0.717) is 18.8 Å². The molecule has 0 saturated carbocycles. The molecule has 3 aromatic rings. The summed E-state index contributed by atoms with van der Waals surface area (Å²) >= 11 is 0. The van der Waals surface area contributed by atoms with Crippen LogP contribution in [0.5, 0.6) is 0 Å². The van der Waals surface area contributed by atoms with E-state index in [2.05, 4.69) is 10.1 Å². The molecule has 7 nitrogen and oxygen atoms in total. The Morgan fingerprint density at radius 1 is 1.33 bits per heavy atom. The summed E-state index contributed by atoms with van der Waals surface area (Å²) in [6.45, 7) is 5.85. The van der Waals surface area contributed by atoms with Gasteiger partial charge in [0.1, 0.15) is 11.5 Å². The molecule has 1 aliphatic rings. The Bertz CT molecular complexity index is 1060. The molecule has 1 fully saturated rings. The lowest BCUT2D eigenvalue weighted by Crippen LogP contribution is -2.40. The van der Waals surface area contributed by atoms with Gasteiger partial charge in [0.15, 0.2) is 0 Å². The number of amides is 1. The van der Waals surface area contributed by atoms with Crippen LogP contribution in [0.1, 0.15) is 47.6 Å². The van der Waals surface area contributed by atoms with E-state index in [1.165, 1.54) is 4.68 Å². The van der Waals surface area contributed by atoms with Crippen LogP contribution in [0.25, 0.3) is 10.9 Å². The standard InChI is InChI=1S/C20H25N5O2/c1-4-25-18(22-23(3)20(25)27)14-8-7-11-24(12-14)19(26)17-13(2)15-9-5-6-10-16(15)21-17/h5-6,9-10,14,21H,4,7-8,11-12H2,1-3H3. The van der Waals surface area contributed by atoms with Crippen LogP contribution in [0.2, 0.25) is 0 Å². The second kappa shape index (κ2) is 6.72. The number of piperidine rings is 1. The molecule has 1 saturated heterocycles. The van der Waals surface area contributed by atoms with Crippen molar-refractivity contribution in [3.8, 4) is 0 Å². The lowest BCUT2D eigenvalue weighted by Gasteiger charge is -2.32. The molecule has 1 amide bonds. The van der Waals surface area contributed by atoms with Gasteiger partial charge in [-0.05, 0) is 38.3 Å². The molecule has 0 bridgehead atoms. The predicted molar refractivity (Wildman–Crippen MR) is 104 cm³/mol. The number of nitrogens with zero attached hydrogens (tertiary/aromatic N) is 4. The van der Waals surface area contributed by atoms with Crippen molar-refractivity contribution in [3.05, 3.63) is 51.8 Å². The summed E-state index contributed by atoms with van der Waals surface area (Å²) in [5, 5.41) is 5.53. The largest absolute Gasteiger partial charge is 0.350 e. The number of carbonyl (C=O) groups excluding carboxylic acids is 1. The van der Waals surface area contributed by atoms with E-state index in [4.69, 9.17) is 0 Å². The van der Waals surface area contributed by atoms with E-state index < -0.39 is 0 Å². The topological polar surface area (TPSA) is 75.9 Å². The van der Waals surface area contributed by atoms with Gasteiger partial charge in [0.2, 0.25) is 0 Å². The zero-order valence-electron chi connectivity index (χ0n) is 16.0. The van der Waals surface area contributed by atoms with Crippen molar-refractivity contribution in [3.63, 3.8) is 0 Å². The zero-order valence-corrected chi connectivity index (χ0v) is 16.0. The highest BCUT2D eigenvalue weighted by molar-refractivity contribution is 6.00. The lowest BCUT2D eigenvalue weighted by molar-refractivity contribution is 0.0697. The molecule has 1 unspecified atom stereocenters. The summed E-state index contributed by atoms with van der Waals surface area (Å²) in [7, 11) is 1.68. The van der Waals surface area contributed by atoms with Crippen molar-refractivity contribution in [2.24, 2.45) is 7.05 Å². The maximum Gasteiger partial charge on any atom is 0.345 e. The summed E-state index contributed by atoms with van der Waals surface area (Å²) in [4.78, 5) is 30.6. The Morgan fingerprint density at radius 3 is 2.85 bits per heavy atom. The fraction of sp³-hybridized carbons (Fsp3) is 0.450. The second-order valence-corrected chi connectivity index (χ2v) is 7.27. The van der Waals surface area contributed by atoms with Crippen molar-refractivity contribution in [1.29, 1.82) is 0 Å². The van der Waals surface area contributed by atoms with Crippen molar-refractivity contribution in [2.75, 3.05) is 13.1 Å². The summed E-state index contributed by atoms with van der Waals surface area (Å²) in [5.74, 6) is 0.895. The number of para-hydroxylation sites is 1. The van der Waals surface area contributed by atoms with Crippen LogP contribution in [0.4, 0.5) is 0 Å². The molecule has 0 aliphatic carbocycles. The summed E-state index contributed by atoms with van der Waals surface area (Å²) < 4.78 is 3.11. The Labute approximate surface area is 157 Å². The first-order chi connectivity index (χ1) is 13.0. The maximum absolute atomic E-state index is 13.2. The molecule has 1 atom stereocenters. The SMILES string of the molecule is CCn1c(C2CCCN(C(=O)c3[nH]c4ccccc4c3C)C2)nn(C)c1=O. The molecule has 142 valence electrons. The molecule has 3 heterocycles. The summed E-state index contributed by atoms with van der Waals surface area (Å²) in [6, 6.07) is 7.98. The Balaban J connectivity index is 1.63. The molecule has 0 spiro atoms. The van der Waals surface area contributed by atoms with Gasteiger partial charge < -0.3 is 9.88 Å². The molecule has 0 radical (unpaired) electrons. The summed E-state index contributed by atoms with van der Waals surface area (Å²) in [6.07, 6.45) is 1.84. The highest BCUT2D eigenvalue weighted by Crippen LogP contribution is 2.28. The van der Waals surface area contributed by atoms with Gasteiger partial charge in [-0.2, -0.15) is 5.10 Å². The number of H-pyrrole nitrogens is 1. The maximum atomic E-state index is 13.2. The molecular weight excluding hydrogens is 342 g/mol. The lowest BCUT2D eigenvalue weighted by atomic mass is 9.96. The van der Waals surface area contributed by atoms with Gasteiger partial charge in [-0.15, -0.1) is 0 Å². The molecule has 4 rings (SSSR count). The first-order valence-electron chi connectivity index (χ1n) is 9.51. The summed E-state index contributed by atoms with van der Waals surface area (Å²) in [5.41, 5.74) is 2.53. The molecule has 1 aliphatic heterocycles. The average Bonchev–Trinajstić information content (AvgIpc) is 3.18. The monoisotopic (exact) mass is 367 g/mol. The number of fused-ring (bicyclic) bond motifs is 1. The number of carbonyl (C=O) groups is 1. The number of rotatable bonds is 3. The average molecular weight is 367 g/mol. The molecule has 7 heteroatoms. The number of likely N-dealkylation sites (tertiary alicyclic amines) is 1. The molecular formula is C20H25N5O2. The van der Waals surface area contributed by atoms with Crippen LogP contribution in [-0.2, 0) is 13.6 Å². The highest BCUT2D eigenvalue weighted by Gasteiger charge is 2.30. The van der Waals surface area contributed by atoms with Crippen molar-refractivity contribution in [2.45, 2.75) is 39.2 Å². The van der Waals surface area contributed by atoms with Gasteiger partial charge in [-0.25, -0.2) is 9.48 Å². The third-order valence-electron chi connectivity index (χ3n) is 5.61. The zero-order chi connectivity index (χ0) is 19.1. The van der Waals surface area contributed by atoms with E-state index in [9.17, 15) is 9.59 Å². The first-order valence-corrected chi connectivity index (χ1v) is 9.51. The van der Waals surface area contributed by atoms with Crippen molar-refractivity contribution < 1.29 is 4.79 Å². The van der Waals surface area contributed by atoms with E-state index >= 15 is 0 Å². The minimum atomic E-state index is -0.0950. The van der Waals surface area contributed by atoms with Crippen molar-refractivity contribution in [1.82, 2.24) is 24.2 Å². The molecule has 2 aromatic heterocycles. The minimum Gasteiger partial charge on any atom is -0.350 e. The number of benzene rings is 1. The number of hydrogen-bond donors (Lipinski definition) is 1. The smallest absolute Gasteiger partial charge is 0.345 e. The number of aromatic nitrogens is 4. The molecule has 1 aromatic carbocycles. The minimum absolute atomic E-state index is 0.0229. The third-order valence-corrected chi connectivity index (χ3v) is 5.61. The van der Waals surface area contributed by atoms with Gasteiger partial charge in [0.05, 0.1) is 0 Å². The van der Waals surface area contributed by atoms with E-state index in [-0.39, 0.29) is 17.5 Å². The fourth-order valence-electron chi connectivity index (χ4n) is 4.15. The fourth-order valence-corrected chi connectivity index (χ4v) is 4.15. The number of aryl methyl sites for hydroxylation is 2. The Kier molecular flexibility index (Phi) is 4.37. The van der Waals surface area contributed by atoms with Crippen LogP contribution in [0.15, 0.2) is 29.1 Å². The van der Waals surface area contributed by atoms with E-state index in [0.717, 1.165) is 41.7 Å². The number of aromatic amines is 1. The predicted octanol–water partition coefficient (Wildman–Crippen LogP) is 2.41. The van der Waals surface area contributed by atoms with Gasteiger partial charge in [-0.3, -0.25) is 9.36 Å². The van der Waals surface area contributed by atoms with Gasteiger partial charge in [0.25, 0.3) is 5.91 Å². The van der Waals surface area contributed by atoms with E-state index in [1.807, 2.05) is 43.0 Å². The second-order valence-electron chi connectivity index (χ2n) is 7.27. The normalized spacial score (nSPS) is 17.6. The first kappa shape index (κ1) is 17.6. The van der Waals surface area contributed by atoms with Gasteiger partial charge in [0, 0.05) is 43.5 Å². The third kappa shape index (κ3) is 2.87. The van der Waals surface area contributed by atoms with Crippen LogP contribution >= 0.6 is 0 Å². The van der Waals surface area contributed by atoms with Crippen LogP contribution < -0.4 is 5.69 Å². The van der Waals surface area contributed by atoms with Gasteiger partial charge in [-0.1, -0.05) is 18.2 Å². The number of hydrogen-bond acceptors (Lipinski definition) is 3. The van der Waals surface area contributed by atoms with Crippen LogP contribution in [0.3, 0.4) is 0 Å². The van der Waals surface area contributed by atoms with Crippen LogP contribution in [0, 0.1) is 6.92 Å². The van der Waals surface area contributed by atoms with E-state index in [1.54, 1.807) is 11.6 Å². The van der Waals surface area contributed by atoms with Crippen LogP contribution in [-0.4, -0.2) is 43.2 Å². The quantitative estimate of drug-likeness (QED) is 0.772. The Hall–Kier alpha value is -2.83.